The molecule has 1 unspecified atom stereocenters. The number of carbonyl (C=O) groups is 1. The third-order valence-electron chi connectivity index (χ3n) is 3.75. The van der Waals surface area contributed by atoms with Crippen LogP contribution in [0.3, 0.4) is 0 Å². The first-order valence-electron chi connectivity index (χ1n) is 8.37. The number of amides is 1. The van der Waals surface area contributed by atoms with Crippen LogP contribution >= 0.6 is 0 Å². The van der Waals surface area contributed by atoms with Gasteiger partial charge in [0.1, 0.15) is 5.75 Å². The molecule has 0 spiro atoms. The molecule has 0 radical (unpaired) electrons. The highest BCUT2D eigenvalue weighted by Gasteiger charge is 2.10. The molecule has 0 bridgehead atoms. The van der Waals surface area contributed by atoms with Crippen molar-refractivity contribution in [1.82, 2.24) is 5.32 Å². The lowest BCUT2D eigenvalue weighted by Gasteiger charge is -2.14. The van der Waals surface area contributed by atoms with E-state index in [1.807, 2.05) is 25.1 Å². The van der Waals surface area contributed by atoms with Crippen molar-refractivity contribution in [1.29, 1.82) is 0 Å². The molecule has 0 saturated carbocycles. The van der Waals surface area contributed by atoms with Crippen LogP contribution in [-0.4, -0.2) is 30.3 Å². The highest BCUT2D eigenvalue weighted by Crippen LogP contribution is 2.23. The van der Waals surface area contributed by atoms with Crippen molar-refractivity contribution in [2.75, 3.05) is 18.9 Å². The minimum atomic E-state index is -0.163. The number of carbonyl (C=O) groups excluding carboxylic acids is 1. The number of hydrogen-bond donors (Lipinski definition) is 3. The summed E-state index contributed by atoms with van der Waals surface area (Å²) in [5, 5.41) is 11.9. The van der Waals surface area contributed by atoms with Gasteiger partial charge in [0.05, 0.1) is 24.9 Å². The molecule has 130 valence electrons. The van der Waals surface area contributed by atoms with Crippen LogP contribution in [0.5, 0.6) is 5.75 Å². The Morgan fingerprint density at radius 1 is 1.39 bits per heavy atom. The Labute approximate surface area is 139 Å². The van der Waals surface area contributed by atoms with Gasteiger partial charge in [0, 0.05) is 6.42 Å². The largest absolute Gasteiger partial charge is 0.491 e. The van der Waals surface area contributed by atoms with Crippen LogP contribution in [0.25, 0.3) is 0 Å². The van der Waals surface area contributed by atoms with E-state index in [1.54, 1.807) is 0 Å². The number of hydrogen-bond acceptors (Lipinski definition) is 4. The molecule has 0 fully saturated rings. The van der Waals surface area contributed by atoms with E-state index in [0.29, 0.717) is 36.8 Å². The maximum absolute atomic E-state index is 11.8. The average molecular weight is 322 g/mol. The van der Waals surface area contributed by atoms with E-state index in [-0.39, 0.29) is 18.6 Å². The molecule has 1 aromatic rings. The fourth-order valence-corrected chi connectivity index (χ4v) is 2.12. The van der Waals surface area contributed by atoms with E-state index in [0.717, 1.165) is 18.4 Å². The summed E-state index contributed by atoms with van der Waals surface area (Å²) >= 11 is 0. The lowest BCUT2D eigenvalue weighted by molar-refractivity contribution is -0.122. The van der Waals surface area contributed by atoms with Crippen molar-refractivity contribution < 1.29 is 14.6 Å². The van der Waals surface area contributed by atoms with E-state index < -0.39 is 0 Å². The van der Waals surface area contributed by atoms with Crippen molar-refractivity contribution in [2.45, 2.75) is 52.5 Å². The van der Waals surface area contributed by atoms with Gasteiger partial charge >= 0.3 is 0 Å². The van der Waals surface area contributed by atoms with E-state index in [9.17, 15) is 4.79 Å². The third-order valence-corrected chi connectivity index (χ3v) is 3.75. The van der Waals surface area contributed by atoms with Crippen LogP contribution in [-0.2, 0) is 11.2 Å². The summed E-state index contributed by atoms with van der Waals surface area (Å²) in [6.45, 7) is 6.86. The summed E-state index contributed by atoms with van der Waals surface area (Å²) < 4.78 is 5.68. The number of nitrogen functional groups attached to an aromatic ring is 1. The summed E-state index contributed by atoms with van der Waals surface area (Å²) in [5.41, 5.74) is 7.62. The fraction of sp³-hybridized carbons (Fsp3) is 0.611. The first-order chi connectivity index (χ1) is 11.0. The van der Waals surface area contributed by atoms with E-state index in [1.165, 1.54) is 0 Å². The minimum Gasteiger partial charge on any atom is -0.491 e. The molecule has 1 rings (SSSR count). The van der Waals surface area contributed by atoms with E-state index in [2.05, 4.69) is 19.2 Å². The molecule has 4 N–H and O–H groups in total. The summed E-state index contributed by atoms with van der Waals surface area (Å²) in [7, 11) is 0. The van der Waals surface area contributed by atoms with Gasteiger partial charge < -0.3 is 20.9 Å². The van der Waals surface area contributed by atoms with Gasteiger partial charge in [-0.1, -0.05) is 26.8 Å². The molecular formula is C18H30N2O3. The van der Waals surface area contributed by atoms with Crippen LogP contribution in [0.15, 0.2) is 18.2 Å². The monoisotopic (exact) mass is 322 g/mol. The van der Waals surface area contributed by atoms with Crippen molar-refractivity contribution in [3.63, 3.8) is 0 Å². The lowest BCUT2D eigenvalue weighted by atomic mass is 10.1. The van der Waals surface area contributed by atoms with Crippen LogP contribution < -0.4 is 15.8 Å². The second kappa shape index (κ2) is 10.1. The summed E-state index contributed by atoms with van der Waals surface area (Å²) in [6.07, 6.45) is 2.70. The van der Waals surface area contributed by atoms with E-state index >= 15 is 0 Å². The number of nitrogens with one attached hydrogen (secondary N) is 1. The molecule has 1 amide bonds. The Kier molecular flexibility index (Phi) is 8.48. The predicted octanol–water partition coefficient (Wildman–Crippen LogP) is 2.51. The molecular weight excluding hydrogens is 292 g/mol. The number of anilines is 1. The van der Waals surface area contributed by atoms with Gasteiger partial charge in [-0.2, -0.15) is 0 Å². The number of rotatable bonds is 10. The molecule has 0 aromatic heterocycles. The molecule has 5 heteroatoms. The normalized spacial score (nSPS) is 12.2. The lowest BCUT2D eigenvalue weighted by Crippen LogP contribution is -2.37. The number of ether oxygens (including phenoxy) is 1. The first-order valence-corrected chi connectivity index (χ1v) is 8.37. The quantitative estimate of drug-likeness (QED) is 0.578. The molecule has 1 atom stereocenters. The highest BCUT2D eigenvalue weighted by atomic mass is 16.5. The maximum atomic E-state index is 11.8. The molecule has 0 aliphatic rings. The first kappa shape index (κ1) is 19.3. The highest BCUT2D eigenvalue weighted by molar-refractivity contribution is 5.76. The SMILES string of the molecule is CCC(CO)NC(=O)CCc1ccc(OCCC(C)C)c(N)c1. The zero-order valence-electron chi connectivity index (χ0n) is 14.5. The Morgan fingerprint density at radius 2 is 2.13 bits per heavy atom. The number of aliphatic hydroxyl groups is 1. The van der Waals surface area contributed by atoms with Gasteiger partial charge in [-0.25, -0.2) is 0 Å². The molecule has 0 saturated heterocycles. The maximum Gasteiger partial charge on any atom is 0.220 e. The molecule has 5 nitrogen and oxygen atoms in total. The van der Waals surface area contributed by atoms with Gasteiger partial charge in [-0.15, -0.1) is 0 Å². The van der Waals surface area contributed by atoms with Crippen molar-refractivity contribution >= 4 is 11.6 Å². The third kappa shape index (κ3) is 7.37. The van der Waals surface area contributed by atoms with Crippen molar-refractivity contribution in [3.05, 3.63) is 23.8 Å². The van der Waals surface area contributed by atoms with Gasteiger partial charge in [0.2, 0.25) is 5.91 Å². The average Bonchev–Trinajstić information content (AvgIpc) is 2.52. The molecule has 1 aromatic carbocycles. The predicted molar refractivity (Wildman–Crippen MR) is 93.4 cm³/mol. The summed E-state index contributed by atoms with van der Waals surface area (Å²) in [6, 6.07) is 5.51. The second-order valence-electron chi connectivity index (χ2n) is 6.26. The van der Waals surface area contributed by atoms with Crippen molar-refractivity contribution in [3.8, 4) is 5.75 Å². The van der Waals surface area contributed by atoms with E-state index in [4.69, 9.17) is 15.6 Å². The Balaban J connectivity index is 2.46. The second-order valence-corrected chi connectivity index (χ2v) is 6.26. The molecule has 0 heterocycles. The zero-order chi connectivity index (χ0) is 17.2. The Morgan fingerprint density at radius 3 is 2.70 bits per heavy atom. The van der Waals surface area contributed by atoms with Gasteiger partial charge in [-0.05, 0) is 42.9 Å². The zero-order valence-corrected chi connectivity index (χ0v) is 14.5. The molecule has 0 aliphatic heterocycles. The number of aliphatic hydroxyl groups excluding tert-OH is 1. The standard InChI is InChI=1S/C18H30N2O3/c1-4-15(12-21)20-18(22)8-6-14-5-7-17(16(19)11-14)23-10-9-13(2)3/h5,7,11,13,15,21H,4,6,8-10,12,19H2,1-3H3,(H,20,22). The topological polar surface area (TPSA) is 84.6 Å². The van der Waals surface area contributed by atoms with Crippen molar-refractivity contribution in [2.24, 2.45) is 5.92 Å². The molecule has 23 heavy (non-hydrogen) atoms. The van der Waals surface area contributed by atoms with Gasteiger partial charge in [0.25, 0.3) is 0 Å². The van der Waals surface area contributed by atoms with Gasteiger partial charge in [0.15, 0.2) is 0 Å². The van der Waals surface area contributed by atoms with Crippen LogP contribution in [0.1, 0.15) is 45.6 Å². The summed E-state index contributed by atoms with van der Waals surface area (Å²) in [5.74, 6) is 1.24. The van der Waals surface area contributed by atoms with Gasteiger partial charge in [-0.3, -0.25) is 4.79 Å². The molecule has 0 aliphatic carbocycles. The van der Waals surface area contributed by atoms with Crippen LogP contribution in [0.2, 0.25) is 0 Å². The number of nitrogens with two attached hydrogens (primary N) is 1. The number of aryl methyl sites for hydroxylation is 1. The smallest absolute Gasteiger partial charge is 0.220 e. The minimum absolute atomic E-state index is 0.0302. The Bertz CT molecular complexity index is 485. The Hall–Kier alpha value is -1.75. The summed E-state index contributed by atoms with van der Waals surface area (Å²) in [4.78, 5) is 11.8. The van der Waals surface area contributed by atoms with Crippen LogP contribution in [0.4, 0.5) is 5.69 Å². The number of benzene rings is 1. The fourth-order valence-electron chi connectivity index (χ4n) is 2.12. The van der Waals surface area contributed by atoms with Crippen LogP contribution in [0, 0.1) is 5.92 Å².